The second-order valence-corrected chi connectivity index (χ2v) is 4.48. The minimum Gasteiger partial charge on any atom is -0.394 e. The molecule has 19 heavy (non-hydrogen) atoms. The zero-order valence-electron chi connectivity index (χ0n) is 10.4. The highest BCUT2D eigenvalue weighted by Gasteiger charge is 2.35. The van der Waals surface area contributed by atoms with Crippen LogP contribution in [-0.2, 0) is 10.9 Å². The maximum atomic E-state index is 12.7. The van der Waals surface area contributed by atoms with Gasteiger partial charge in [-0.15, -0.1) is 0 Å². The van der Waals surface area contributed by atoms with E-state index in [1.54, 1.807) is 12.0 Å². The van der Waals surface area contributed by atoms with Crippen LogP contribution in [0.4, 0.5) is 19.0 Å². The van der Waals surface area contributed by atoms with Crippen molar-refractivity contribution in [3.63, 3.8) is 0 Å². The highest BCUT2D eigenvalue weighted by molar-refractivity contribution is 5.44. The molecule has 0 radical (unpaired) electrons. The number of aliphatic hydroxyl groups is 1. The maximum Gasteiger partial charge on any atom is 0.416 e. The van der Waals surface area contributed by atoms with E-state index in [1.165, 1.54) is 0 Å². The number of hydrogen-bond donors (Lipinski definition) is 1. The summed E-state index contributed by atoms with van der Waals surface area (Å²) in [7, 11) is 1.54. The molecule has 2 rings (SSSR count). The van der Waals surface area contributed by atoms with Crippen molar-refractivity contribution in [2.75, 3.05) is 25.2 Å². The van der Waals surface area contributed by atoms with Gasteiger partial charge in [0.05, 0.1) is 24.3 Å². The van der Waals surface area contributed by atoms with Crippen LogP contribution in [0.15, 0.2) is 18.3 Å². The molecule has 106 valence electrons. The van der Waals surface area contributed by atoms with E-state index in [0.29, 0.717) is 13.0 Å². The van der Waals surface area contributed by atoms with Gasteiger partial charge in [0.2, 0.25) is 0 Å². The first-order chi connectivity index (χ1) is 8.95. The van der Waals surface area contributed by atoms with E-state index in [-0.39, 0.29) is 24.6 Å². The van der Waals surface area contributed by atoms with E-state index in [9.17, 15) is 18.3 Å². The first-order valence-corrected chi connectivity index (χ1v) is 5.89. The number of aromatic nitrogens is 1. The number of ether oxygens (including phenoxy) is 1. The van der Waals surface area contributed by atoms with E-state index in [1.807, 2.05) is 0 Å². The molecule has 0 aliphatic carbocycles. The number of methoxy groups -OCH3 is 1. The normalized spacial score (nSPS) is 23.9. The van der Waals surface area contributed by atoms with Crippen molar-refractivity contribution in [1.82, 2.24) is 4.98 Å². The van der Waals surface area contributed by atoms with Crippen LogP contribution in [0.1, 0.15) is 12.0 Å². The highest BCUT2D eigenvalue weighted by atomic mass is 19.4. The molecule has 0 unspecified atom stereocenters. The molecule has 0 amide bonds. The number of nitrogens with zero attached hydrogens (tertiary/aromatic N) is 2. The molecule has 1 aromatic heterocycles. The highest BCUT2D eigenvalue weighted by Crippen LogP contribution is 2.32. The number of aliphatic hydroxyl groups excluding tert-OH is 1. The Kier molecular flexibility index (Phi) is 3.96. The van der Waals surface area contributed by atoms with Crippen molar-refractivity contribution < 1.29 is 23.0 Å². The molecule has 1 aliphatic rings. The molecule has 7 heteroatoms. The molecule has 1 aliphatic heterocycles. The van der Waals surface area contributed by atoms with E-state index in [2.05, 4.69) is 4.98 Å². The molecule has 1 N–H and O–H groups in total. The van der Waals surface area contributed by atoms with Crippen LogP contribution in [0, 0.1) is 0 Å². The van der Waals surface area contributed by atoms with Gasteiger partial charge in [-0.3, -0.25) is 0 Å². The Hall–Kier alpha value is -1.34. The average Bonchev–Trinajstić information content (AvgIpc) is 2.81. The van der Waals surface area contributed by atoms with Crippen LogP contribution >= 0.6 is 0 Å². The van der Waals surface area contributed by atoms with Crippen molar-refractivity contribution in [3.05, 3.63) is 23.9 Å². The third-order valence-electron chi connectivity index (χ3n) is 3.29. The summed E-state index contributed by atoms with van der Waals surface area (Å²) in [5.41, 5.74) is -0.741. The summed E-state index contributed by atoms with van der Waals surface area (Å²) in [4.78, 5) is 5.62. The molecule has 1 aromatic rings. The predicted molar refractivity (Wildman–Crippen MR) is 62.9 cm³/mol. The van der Waals surface area contributed by atoms with Crippen LogP contribution in [-0.4, -0.2) is 42.5 Å². The molecule has 0 saturated carbocycles. The second-order valence-electron chi connectivity index (χ2n) is 4.48. The van der Waals surface area contributed by atoms with Crippen molar-refractivity contribution in [1.29, 1.82) is 0 Å². The molecular formula is C12H15F3N2O2. The Morgan fingerprint density at radius 2 is 2.26 bits per heavy atom. The molecule has 0 spiro atoms. The molecule has 2 atom stereocenters. The van der Waals surface area contributed by atoms with Crippen LogP contribution in [0.3, 0.4) is 0 Å². The van der Waals surface area contributed by atoms with E-state index in [4.69, 9.17) is 4.74 Å². The van der Waals surface area contributed by atoms with Gasteiger partial charge in [-0.25, -0.2) is 4.98 Å². The fraction of sp³-hybridized carbons (Fsp3) is 0.583. The summed E-state index contributed by atoms with van der Waals surface area (Å²) in [6, 6.07) is 1.67. The quantitative estimate of drug-likeness (QED) is 0.912. The predicted octanol–water partition coefficient (Wildman–Crippen LogP) is 1.69. The monoisotopic (exact) mass is 276 g/mol. The smallest absolute Gasteiger partial charge is 0.394 e. The molecule has 0 bridgehead atoms. The summed E-state index contributed by atoms with van der Waals surface area (Å²) in [5.74, 6) is 0.216. The van der Waals surface area contributed by atoms with Gasteiger partial charge in [0, 0.05) is 19.9 Å². The number of hydrogen-bond acceptors (Lipinski definition) is 4. The standard InChI is InChI=1S/C12H15F3N2O2/c1-19-10-5-9(7-18)17(6-10)11-4-8(2-3-16-11)12(13,14)15/h2-4,9-10,18H,5-7H2,1H3/t9-,10-/m0/s1. The average molecular weight is 276 g/mol. The summed E-state index contributed by atoms with van der Waals surface area (Å²) in [6.45, 7) is 0.286. The number of halogens is 3. The van der Waals surface area contributed by atoms with Gasteiger partial charge in [-0.05, 0) is 18.6 Å². The lowest BCUT2D eigenvalue weighted by atomic mass is 10.2. The molecular weight excluding hydrogens is 261 g/mol. The zero-order valence-corrected chi connectivity index (χ0v) is 10.4. The van der Waals surface area contributed by atoms with Gasteiger partial charge in [0.25, 0.3) is 0 Å². The van der Waals surface area contributed by atoms with Crippen LogP contribution in [0.25, 0.3) is 0 Å². The first kappa shape index (κ1) is 14.1. The number of pyridine rings is 1. The van der Waals surface area contributed by atoms with Gasteiger partial charge in [-0.2, -0.15) is 13.2 Å². The minimum absolute atomic E-state index is 0.103. The summed E-state index contributed by atoms with van der Waals surface area (Å²) >= 11 is 0. The molecule has 0 aromatic carbocycles. The Morgan fingerprint density at radius 1 is 1.53 bits per heavy atom. The Labute approximate surface area is 108 Å². The summed E-state index contributed by atoms with van der Waals surface area (Å²) < 4.78 is 43.2. The summed E-state index contributed by atoms with van der Waals surface area (Å²) in [6.07, 6.45) is -2.79. The van der Waals surface area contributed by atoms with Crippen molar-refractivity contribution >= 4 is 5.82 Å². The second kappa shape index (κ2) is 5.34. The van der Waals surface area contributed by atoms with Crippen LogP contribution in [0.5, 0.6) is 0 Å². The van der Waals surface area contributed by atoms with E-state index in [0.717, 1.165) is 18.3 Å². The third-order valence-corrected chi connectivity index (χ3v) is 3.29. The van der Waals surface area contributed by atoms with Gasteiger partial charge < -0.3 is 14.7 Å². The van der Waals surface area contributed by atoms with Gasteiger partial charge in [0.1, 0.15) is 5.82 Å². The largest absolute Gasteiger partial charge is 0.416 e. The van der Waals surface area contributed by atoms with Gasteiger partial charge in [0.15, 0.2) is 0 Å². The fourth-order valence-corrected chi connectivity index (χ4v) is 2.25. The van der Waals surface area contributed by atoms with Crippen molar-refractivity contribution in [3.8, 4) is 0 Å². The lowest BCUT2D eigenvalue weighted by molar-refractivity contribution is -0.137. The number of rotatable bonds is 3. The fourth-order valence-electron chi connectivity index (χ4n) is 2.25. The van der Waals surface area contributed by atoms with Gasteiger partial charge in [-0.1, -0.05) is 0 Å². The number of anilines is 1. The Balaban J connectivity index is 2.26. The molecule has 1 saturated heterocycles. The maximum absolute atomic E-state index is 12.7. The Bertz CT molecular complexity index is 439. The van der Waals surface area contributed by atoms with Gasteiger partial charge >= 0.3 is 6.18 Å². The third kappa shape index (κ3) is 2.98. The van der Waals surface area contributed by atoms with Crippen LogP contribution in [0.2, 0.25) is 0 Å². The van der Waals surface area contributed by atoms with Crippen molar-refractivity contribution in [2.45, 2.75) is 24.7 Å². The molecule has 1 fully saturated rings. The minimum atomic E-state index is -4.40. The van der Waals surface area contributed by atoms with Crippen LogP contribution < -0.4 is 4.90 Å². The first-order valence-electron chi connectivity index (χ1n) is 5.89. The Morgan fingerprint density at radius 3 is 2.84 bits per heavy atom. The lowest BCUT2D eigenvalue weighted by Crippen LogP contribution is -2.33. The molecule has 4 nitrogen and oxygen atoms in total. The lowest BCUT2D eigenvalue weighted by Gasteiger charge is -2.24. The molecule has 2 heterocycles. The SMILES string of the molecule is CO[C@H]1C[C@@H](CO)N(c2cc(C(F)(F)F)ccn2)C1. The zero-order chi connectivity index (χ0) is 14.0. The number of alkyl halides is 3. The summed E-state index contributed by atoms with van der Waals surface area (Å²) in [5, 5.41) is 9.29. The van der Waals surface area contributed by atoms with E-state index >= 15 is 0 Å². The van der Waals surface area contributed by atoms with Crippen molar-refractivity contribution in [2.24, 2.45) is 0 Å². The van der Waals surface area contributed by atoms with E-state index < -0.39 is 11.7 Å². The topological polar surface area (TPSA) is 45.6 Å².